The molecule has 1 aliphatic rings. The number of hydrogen-bond donors (Lipinski definition) is 2. The van der Waals surface area contributed by atoms with Crippen LogP contribution in [0.25, 0.3) is 10.8 Å². The van der Waals surface area contributed by atoms with Crippen molar-refractivity contribution in [3.63, 3.8) is 0 Å². The highest BCUT2D eigenvalue weighted by atomic mass is 16.2. The van der Waals surface area contributed by atoms with Gasteiger partial charge in [0.25, 0.3) is 0 Å². The molecule has 0 radical (unpaired) electrons. The first-order valence-corrected chi connectivity index (χ1v) is 7.94. The zero-order valence-corrected chi connectivity index (χ0v) is 13.0. The number of nitrogens with two attached hydrogens (primary N) is 1. The maximum Gasteiger partial charge on any atom is 0.241 e. The van der Waals surface area contributed by atoms with Crippen molar-refractivity contribution in [3.8, 4) is 0 Å². The van der Waals surface area contributed by atoms with Crippen LogP contribution in [-0.2, 0) is 9.59 Å². The number of benzene rings is 2. The van der Waals surface area contributed by atoms with Gasteiger partial charge >= 0.3 is 0 Å². The Labute approximate surface area is 135 Å². The molecule has 1 heterocycles. The van der Waals surface area contributed by atoms with E-state index in [0.717, 1.165) is 29.3 Å². The van der Waals surface area contributed by atoms with E-state index >= 15 is 0 Å². The molecule has 0 aliphatic carbocycles. The van der Waals surface area contributed by atoms with Gasteiger partial charge in [-0.1, -0.05) is 36.4 Å². The predicted molar refractivity (Wildman–Crippen MR) is 90.9 cm³/mol. The molecule has 2 aromatic carbocycles. The van der Waals surface area contributed by atoms with Crippen LogP contribution in [0.1, 0.15) is 12.8 Å². The maximum absolute atomic E-state index is 12.4. The number of amides is 2. The first-order valence-electron chi connectivity index (χ1n) is 7.94. The van der Waals surface area contributed by atoms with Crippen LogP contribution < -0.4 is 11.1 Å². The van der Waals surface area contributed by atoms with Crippen molar-refractivity contribution in [1.82, 2.24) is 4.90 Å². The summed E-state index contributed by atoms with van der Waals surface area (Å²) in [5.74, 6) is -0.529. The van der Waals surface area contributed by atoms with Crippen LogP contribution >= 0.6 is 0 Å². The predicted octanol–water partition coefficient (Wildman–Crippen LogP) is 1.98. The summed E-state index contributed by atoms with van der Waals surface area (Å²) in [5.41, 5.74) is 6.31. The van der Waals surface area contributed by atoms with Gasteiger partial charge in [-0.05, 0) is 24.3 Å². The third kappa shape index (κ3) is 3.44. The van der Waals surface area contributed by atoms with Gasteiger partial charge in [0.1, 0.15) is 0 Å². The summed E-state index contributed by atoms with van der Waals surface area (Å²) < 4.78 is 0. The summed E-state index contributed by atoms with van der Waals surface area (Å²) in [6, 6.07) is 14.0. The highest BCUT2D eigenvalue weighted by Gasteiger charge is 2.26. The summed E-state index contributed by atoms with van der Waals surface area (Å²) in [6.45, 7) is 1.35. The van der Waals surface area contributed by atoms with E-state index < -0.39 is 0 Å². The number of anilines is 1. The van der Waals surface area contributed by atoms with Crippen LogP contribution in [-0.4, -0.2) is 36.3 Å². The molecule has 5 heteroatoms. The van der Waals surface area contributed by atoms with E-state index in [1.165, 1.54) is 0 Å². The highest BCUT2D eigenvalue weighted by Crippen LogP contribution is 2.23. The van der Waals surface area contributed by atoms with E-state index in [9.17, 15) is 9.59 Å². The van der Waals surface area contributed by atoms with E-state index in [1.54, 1.807) is 4.90 Å². The van der Waals surface area contributed by atoms with Crippen LogP contribution in [0.3, 0.4) is 0 Å². The number of fused-ring (bicyclic) bond motifs is 1. The fourth-order valence-corrected chi connectivity index (χ4v) is 3.10. The van der Waals surface area contributed by atoms with E-state index in [4.69, 9.17) is 5.73 Å². The van der Waals surface area contributed by atoms with Gasteiger partial charge in [-0.25, -0.2) is 0 Å². The molecular formula is C18H21N3O2. The Morgan fingerprint density at radius 3 is 2.78 bits per heavy atom. The van der Waals surface area contributed by atoms with Gasteiger partial charge in [0.15, 0.2) is 0 Å². The molecule has 23 heavy (non-hydrogen) atoms. The number of nitrogens with one attached hydrogen (secondary N) is 1. The van der Waals surface area contributed by atoms with Crippen molar-refractivity contribution >= 4 is 28.3 Å². The van der Waals surface area contributed by atoms with E-state index in [0.29, 0.717) is 13.1 Å². The number of likely N-dealkylation sites (tertiary alicyclic amines) is 1. The van der Waals surface area contributed by atoms with Crippen LogP contribution in [0, 0.1) is 5.92 Å². The Bertz CT molecular complexity index is 724. The van der Waals surface area contributed by atoms with Crippen molar-refractivity contribution in [2.24, 2.45) is 11.7 Å². The minimum atomic E-state index is -0.315. The first-order chi connectivity index (χ1) is 11.1. The lowest BCUT2D eigenvalue weighted by Gasteiger charge is -2.31. The van der Waals surface area contributed by atoms with Crippen LogP contribution in [0.4, 0.5) is 5.69 Å². The number of primary amides is 1. The lowest BCUT2D eigenvalue weighted by Crippen LogP contribution is -2.45. The van der Waals surface area contributed by atoms with Crippen molar-refractivity contribution in [1.29, 1.82) is 0 Å². The molecule has 0 bridgehead atoms. The van der Waals surface area contributed by atoms with Gasteiger partial charge < -0.3 is 16.0 Å². The summed E-state index contributed by atoms with van der Waals surface area (Å²) in [5, 5.41) is 5.45. The van der Waals surface area contributed by atoms with Crippen LogP contribution in [0.15, 0.2) is 42.5 Å². The Balaban J connectivity index is 1.65. The number of rotatable bonds is 4. The van der Waals surface area contributed by atoms with E-state index in [1.807, 2.05) is 42.5 Å². The van der Waals surface area contributed by atoms with Gasteiger partial charge in [0.2, 0.25) is 11.8 Å². The van der Waals surface area contributed by atoms with E-state index in [2.05, 4.69) is 5.32 Å². The van der Waals surface area contributed by atoms with Crippen molar-refractivity contribution < 1.29 is 9.59 Å². The monoisotopic (exact) mass is 311 g/mol. The molecule has 3 rings (SSSR count). The highest BCUT2D eigenvalue weighted by molar-refractivity contribution is 5.95. The third-order valence-corrected chi connectivity index (χ3v) is 4.40. The second-order valence-electron chi connectivity index (χ2n) is 5.96. The molecule has 0 saturated carbocycles. The Kier molecular flexibility index (Phi) is 4.46. The zero-order valence-electron chi connectivity index (χ0n) is 13.0. The van der Waals surface area contributed by atoms with Crippen LogP contribution in [0.5, 0.6) is 0 Å². The summed E-state index contributed by atoms with van der Waals surface area (Å²) in [4.78, 5) is 25.4. The molecule has 1 unspecified atom stereocenters. The van der Waals surface area contributed by atoms with Gasteiger partial charge in [-0.3, -0.25) is 9.59 Å². The summed E-state index contributed by atoms with van der Waals surface area (Å²) >= 11 is 0. The Morgan fingerprint density at radius 1 is 1.17 bits per heavy atom. The minimum absolute atomic E-state index is 0.00360. The molecular weight excluding hydrogens is 290 g/mol. The number of nitrogens with zero attached hydrogens (tertiary/aromatic N) is 1. The zero-order chi connectivity index (χ0) is 16.2. The Morgan fingerprint density at radius 2 is 1.96 bits per heavy atom. The van der Waals surface area contributed by atoms with Crippen molar-refractivity contribution in [2.75, 3.05) is 25.0 Å². The number of carbonyl (C=O) groups excluding carboxylic acids is 2. The second kappa shape index (κ2) is 6.69. The lowest BCUT2D eigenvalue weighted by atomic mass is 9.97. The fraction of sp³-hybridized carbons (Fsp3) is 0.333. The summed E-state index contributed by atoms with van der Waals surface area (Å²) in [6.07, 6.45) is 1.60. The van der Waals surface area contributed by atoms with Gasteiger partial charge in [0.05, 0.1) is 12.5 Å². The average molecular weight is 311 g/mol. The SMILES string of the molecule is NC(=O)C1CCCN(C(=O)CNc2cccc3ccccc23)C1. The van der Waals surface area contributed by atoms with Crippen LogP contribution in [0.2, 0.25) is 0 Å². The molecule has 120 valence electrons. The molecule has 0 spiro atoms. The molecule has 2 amide bonds. The fourth-order valence-electron chi connectivity index (χ4n) is 3.10. The van der Waals surface area contributed by atoms with E-state index in [-0.39, 0.29) is 24.3 Å². The molecule has 0 aromatic heterocycles. The molecule has 1 atom stereocenters. The third-order valence-electron chi connectivity index (χ3n) is 4.40. The lowest BCUT2D eigenvalue weighted by molar-refractivity contribution is -0.133. The van der Waals surface area contributed by atoms with Crippen molar-refractivity contribution in [2.45, 2.75) is 12.8 Å². The van der Waals surface area contributed by atoms with Gasteiger partial charge in [-0.2, -0.15) is 0 Å². The molecule has 2 aromatic rings. The minimum Gasteiger partial charge on any atom is -0.376 e. The number of hydrogen-bond acceptors (Lipinski definition) is 3. The molecule has 5 nitrogen and oxygen atoms in total. The number of carbonyl (C=O) groups is 2. The van der Waals surface area contributed by atoms with Gasteiger partial charge in [0, 0.05) is 24.2 Å². The quantitative estimate of drug-likeness (QED) is 0.906. The standard InChI is InChI=1S/C18H21N3O2/c19-18(23)14-7-4-10-21(12-14)17(22)11-20-16-9-3-6-13-5-1-2-8-15(13)16/h1-3,5-6,8-9,14,20H,4,7,10-12H2,(H2,19,23). The molecule has 1 fully saturated rings. The number of piperidine rings is 1. The normalized spacial score (nSPS) is 17.9. The largest absolute Gasteiger partial charge is 0.376 e. The maximum atomic E-state index is 12.4. The second-order valence-corrected chi connectivity index (χ2v) is 5.96. The molecule has 1 aliphatic heterocycles. The van der Waals surface area contributed by atoms with Crippen molar-refractivity contribution in [3.05, 3.63) is 42.5 Å². The summed E-state index contributed by atoms with van der Waals surface area (Å²) in [7, 11) is 0. The smallest absolute Gasteiger partial charge is 0.241 e. The average Bonchev–Trinajstić information content (AvgIpc) is 2.59. The molecule has 1 saturated heterocycles. The topological polar surface area (TPSA) is 75.4 Å². The first kappa shape index (κ1) is 15.3. The Hall–Kier alpha value is -2.56. The van der Waals surface area contributed by atoms with Gasteiger partial charge in [-0.15, -0.1) is 0 Å². The molecule has 3 N–H and O–H groups in total.